The number of nitrogens with zero attached hydrogens (tertiary/aromatic N) is 2. The lowest BCUT2D eigenvalue weighted by molar-refractivity contribution is -0.134. The van der Waals surface area contributed by atoms with Crippen LogP contribution in [0, 0.1) is 0 Å². The Morgan fingerprint density at radius 1 is 1.15 bits per heavy atom. The van der Waals surface area contributed by atoms with E-state index in [4.69, 9.17) is 0 Å². The third-order valence-electron chi connectivity index (χ3n) is 4.81. The van der Waals surface area contributed by atoms with Gasteiger partial charge in [0.1, 0.15) is 0 Å². The van der Waals surface area contributed by atoms with Crippen LogP contribution < -0.4 is 0 Å². The van der Waals surface area contributed by atoms with Gasteiger partial charge in [-0.3, -0.25) is 9.69 Å². The molecule has 0 spiro atoms. The van der Waals surface area contributed by atoms with Gasteiger partial charge >= 0.3 is 0 Å². The fraction of sp³-hybridized carbons (Fsp3) is 0.588. The molecule has 1 amide bonds. The van der Waals surface area contributed by atoms with Crippen LogP contribution in [0.1, 0.15) is 37.7 Å². The first-order valence-corrected chi connectivity index (χ1v) is 7.83. The number of carbonyl (C=O) groups is 1. The Bertz CT molecular complexity index is 453. The number of amides is 1. The average Bonchev–Trinajstić information content (AvgIpc) is 3.18. The van der Waals surface area contributed by atoms with E-state index in [1.165, 1.54) is 24.8 Å². The number of hydrogen-bond donors (Lipinski definition) is 0. The molecule has 2 aliphatic rings. The van der Waals surface area contributed by atoms with E-state index < -0.39 is 0 Å². The van der Waals surface area contributed by atoms with Crippen molar-refractivity contribution >= 4 is 5.91 Å². The van der Waals surface area contributed by atoms with Crippen molar-refractivity contribution < 1.29 is 4.79 Å². The molecule has 0 aliphatic carbocycles. The molecule has 20 heavy (non-hydrogen) atoms. The maximum atomic E-state index is 12.5. The molecule has 2 heterocycles. The van der Waals surface area contributed by atoms with Gasteiger partial charge in [0.25, 0.3) is 0 Å². The van der Waals surface area contributed by atoms with E-state index >= 15 is 0 Å². The average molecular weight is 272 g/mol. The summed E-state index contributed by atoms with van der Waals surface area (Å²) in [5, 5.41) is 0. The molecule has 0 radical (unpaired) electrons. The second kappa shape index (κ2) is 5.96. The van der Waals surface area contributed by atoms with Crippen LogP contribution in [0.25, 0.3) is 0 Å². The third-order valence-corrected chi connectivity index (χ3v) is 4.81. The van der Waals surface area contributed by atoms with Gasteiger partial charge in [0.15, 0.2) is 0 Å². The quantitative estimate of drug-likeness (QED) is 0.844. The topological polar surface area (TPSA) is 23.6 Å². The molecular formula is C17H24N2O. The molecule has 3 nitrogen and oxygen atoms in total. The smallest absolute Gasteiger partial charge is 0.239 e. The van der Waals surface area contributed by atoms with Crippen LogP contribution in [-0.4, -0.2) is 47.9 Å². The summed E-state index contributed by atoms with van der Waals surface area (Å²) in [6, 6.07) is 10.7. The zero-order valence-electron chi connectivity index (χ0n) is 12.3. The van der Waals surface area contributed by atoms with Gasteiger partial charge < -0.3 is 4.90 Å². The van der Waals surface area contributed by atoms with Crippen LogP contribution in [0.4, 0.5) is 0 Å². The van der Waals surface area contributed by atoms with Crippen LogP contribution in [0.5, 0.6) is 0 Å². The number of carbonyl (C=O) groups excluding carboxylic acids is 1. The largest absolute Gasteiger partial charge is 0.341 e. The van der Waals surface area contributed by atoms with Crippen molar-refractivity contribution in [2.75, 3.05) is 26.2 Å². The molecule has 0 N–H and O–H groups in total. The number of hydrogen-bond acceptors (Lipinski definition) is 2. The van der Waals surface area contributed by atoms with E-state index in [-0.39, 0.29) is 6.04 Å². The van der Waals surface area contributed by atoms with Gasteiger partial charge in [-0.05, 0) is 44.2 Å². The first-order chi connectivity index (χ1) is 9.75. The van der Waals surface area contributed by atoms with E-state index in [2.05, 4.69) is 42.2 Å². The van der Waals surface area contributed by atoms with Crippen molar-refractivity contribution in [1.82, 2.24) is 9.80 Å². The SMILES string of the molecule is C[C@@H](C(=O)N1CCCC1)N1CC[C@H](c2ccccc2)C1. The summed E-state index contributed by atoms with van der Waals surface area (Å²) in [5.74, 6) is 0.918. The molecule has 1 aromatic carbocycles. The van der Waals surface area contributed by atoms with E-state index in [1.807, 2.05) is 4.90 Å². The molecule has 2 saturated heterocycles. The summed E-state index contributed by atoms with van der Waals surface area (Å²) in [7, 11) is 0. The van der Waals surface area contributed by atoms with Crippen molar-refractivity contribution in [3.05, 3.63) is 35.9 Å². The lowest BCUT2D eigenvalue weighted by Gasteiger charge is -2.27. The Morgan fingerprint density at radius 2 is 1.85 bits per heavy atom. The first kappa shape index (κ1) is 13.6. The minimum atomic E-state index is 0.0433. The predicted molar refractivity (Wildman–Crippen MR) is 80.6 cm³/mol. The summed E-state index contributed by atoms with van der Waals surface area (Å²) in [5.41, 5.74) is 1.41. The molecule has 3 rings (SSSR count). The summed E-state index contributed by atoms with van der Waals surface area (Å²) in [4.78, 5) is 16.9. The summed E-state index contributed by atoms with van der Waals surface area (Å²) in [6.07, 6.45) is 3.51. The summed E-state index contributed by atoms with van der Waals surface area (Å²) >= 11 is 0. The molecule has 1 aromatic rings. The standard InChI is InChI=1S/C17H24N2O/c1-14(17(20)18-10-5-6-11-18)19-12-9-16(13-19)15-7-3-2-4-8-15/h2-4,7-8,14,16H,5-6,9-13H2,1H3/t14-,16-/m0/s1. The van der Waals surface area contributed by atoms with Gasteiger partial charge in [-0.25, -0.2) is 0 Å². The van der Waals surface area contributed by atoms with Crippen molar-refractivity contribution in [1.29, 1.82) is 0 Å². The Kier molecular flexibility index (Phi) is 4.06. The van der Waals surface area contributed by atoms with Gasteiger partial charge in [0.05, 0.1) is 6.04 Å². The third kappa shape index (κ3) is 2.73. The van der Waals surface area contributed by atoms with Crippen LogP contribution in [0.3, 0.4) is 0 Å². The van der Waals surface area contributed by atoms with Crippen LogP contribution in [0.15, 0.2) is 30.3 Å². The van der Waals surface area contributed by atoms with Crippen LogP contribution in [0.2, 0.25) is 0 Å². The Balaban J connectivity index is 1.60. The maximum Gasteiger partial charge on any atom is 0.239 e. The van der Waals surface area contributed by atoms with Gasteiger partial charge in [-0.2, -0.15) is 0 Å². The molecule has 0 saturated carbocycles. The molecule has 3 heteroatoms. The zero-order chi connectivity index (χ0) is 13.9. The van der Waals surface area contributed by atoms with Gasteiger partial charge in [0, 0.05) is 19.6 Å². The lowest BCUT2D eigenvalue weighted by Crippen LogP contribution is -2.45. The predicted octanol–water partition coefficient (Wildman–Crippen LogP) is 2.49. The molecular weight excluding hydrogens is 248 g/mol. The van der Waals surface area contributed by atoms with E-state index in [1.54, 1.807) is 0 Å². The lowest BCUT2D eigenvalue weighted by atomic mass is 9.99. The second-order valence-corrected chi connectivity index (χ2v) is 6.10. The highest BCUT2D eigenvalue weighted by atomic mass is 16.2. The molecule has 0 aromatic heterocycles. The van der Waals surface area contributed by atoms with Crippen molar-refractivity contribution in [2.24, 2.45) is 0 Å². The maximum absolute atomic E-state index is 12.5. The zero-order valence-corrected chi connectivity index (χ0v) is 12.3. The first-order valence-electron chi connectivity index (χ1n) is 7.83. The molecule has 0 unspecified atom stereocenters. The number of benzene rings is 1. The molecule has 2 fully saturated rings. The highest BCUT2D eigenvalue weighted by molar-refractivity contribution is 5.81. The number of likely N-dealkylation sites (tertiary alicyclic amines) is 2. The molecule has 108 valence electrons. The fourth-order valence-electron chi connectivity index (χ4n) is 3.49. The van der Waals surface area contributed by atoms with Crippen molar-refractivity contribution in [2.45, 2.75) is 38.1 Å². The highest BCUT2D eigenvalue weighted by Gasteiger charge is 2.32. The van der Waals surface area contributed by atoms with Crippen LogP contribution >= 0.6 is 0 Å². The molecule has 0 bridgehead atoms. The van der Waals surface area contributed by atoms with Crippen molar-refractivity contribution in [3.63, 3.8) is 0 Å². The van der Waals surface area contributed by atoms with Gasteiger partial charge in [0.2, 0.25) is 5.91 Å². The Hall–Kier alpha value is -1.35. The Labute approximate surface area is 121 Å². The monoisotopic (exact) mass is 272 g/mol. The Morgan fingerprint density at radius 3 is 2.55 bits per heavy atom. The fourth-order valence-corrected chi connectivity index (χ4v) is 3.49. The van der Waals surface area contributed by atoms with E-state index in [0.717, 1.165) is 26.2 Å². The van der Waals surface area contributed by atoms with Crippen molar-refractivity contribution in [3.8, 4) is 0 Å². The second-order valence-electron chi connectivity index (χ2n) is 6.10. The van der Waals surface area contributed by atoms with Gasteiger partial charge in [-0.15, -0.1) is 0 Å². The highest BCUT2D eigenvalue weighted by Crippen LogP contribution is 2.28. The minimum absolute atomic E-state index is 0.0433. The van der Waals surface area contributed by atoms with E-state index in [0.29, 0.717) is 11.8 Å². The summed E-state index contributed by atoms with van der Waals surface area (Å²) in [6.45, 7) is 6.05. The normalized spacial score (nSPS) is 25.1. The van der Waals surface area contributed by atoms with Crippen LogP contribution in [-0.2, 0) is 4.79 Å². The molecule has 2 aliphatic heterocycles. The van der Waals surface area contributed by atoms with E-state index in [9.17, 15) is 4.79 Å². The van der Waals surface area contributed by atoms with Gasteiger partial charge in [-0.1, -0.05) is 30.3 Å². The summed E-state index contributed by atoms with van der Waals surface area (Å²) < 4.78 is 0. The minimum Gasteiger partial charge on any atom is -0.341 e. The molecule has 2 atom stereocenters. The number of rotatable bonds is 3.